The molecule has 5 nitrogen and oxygen atoms in total. The molecule has 0 aromatic carbocycles. The summed E-state index contributed by atoms with van der Waals surface area (Å²) in [6.45, 7) is 1.10. The van der Waals surface area contributed by atoms with Gasteiger partial charge in [0.15, 0.2) is 0 Å². The van der Waals surface area contributed by atoms with E-state index in [4.69, 9.17) is 4.55 Å². The van der Waals surface area contributed by atoms with E-state index in [0.717, 1.165) is 21.1 Å². The smallest absolute Gasteiger partial charge is 0.321 e. The Hall–Kier alpha value is -0.170. The van der Waals surface area contributed by atoms with Crippen LogP contribution in [0.25, 0.3) is 0 Å². The fourth-order valence-electron chi connectivity index (χ4n) is 0.294. The van der Waals surface area contributed by atoms with Gasteiger partial charge in [-0.05, 0) is 0 Å². The molecule has 0 aliphatic rings. The van der Waals surface area contributed by atoms with Crippen molar-refractivity contribution in [3.8, 4) is 0 Å². The normalized spacial score (nSPS) is 13.6. The molecule has 0 unspecified atom stereocenters. The molecule has 6 heteroatoms. The van der Waals surface area contributed by atoms with Crippen LogP contribution in [0.5, 0.6) is 0 Å². The molecule has 0 saturated heterocycles. The first-order valence-corrected chi connectivity index (χ1v) is 3.88. The number of hydrogen-bond donors (Lipinski definition) is 1. The molecule has 1 N–H and O–H groups in total. The highest BCUT2D eigenvalue weighted by Gasteiger charge is 2.38. The van der Waals surface area contributed by atoms with Crippen molar-refractivity contribution < 1.29 is 22.4 Å². The Balaban J connectivity index is 4.68. The van der Waals surface area contributed by atoms with Crippen molar-refractivity contribution in [3.05, 3.63) is 0 Å². The first kappa shape index (κ1) is 9.83. The molecule has 0 spiro atoms. The van der Waals surface area contributed by atoms with Crippen molar-refractivity contribution in [1.29, 1.82) is 0 Å². The van der Waals surface area contributed by atoms with Gasteiger partial charge in [0.2, 0.25) is 0 Å². The summed E-state index contributed by atoms with van der Waals surface area (Å²) in [6, 6.07) is 0. The molecule has 10 heavy (non-hydrogen) atoms. The molecular formula is C4H10O5S. The second kappa shape index (κ2) is 2.83. The van der Waals surface area contributed by atoms with Crippen LogP contribution in [0, 0.1) is 0 Å². The van der Waals surface area contributed by atoms with Gasteiger partial charge < -0.3 is 9.47 Å². The van der Waals surface area contributed by atoms with Crippen molar-refractivity contribution in [2.24, 2.45) is 0 Å². The van der Waals surface area contributed by atoms with Gasteiger partial charge >= 0.3 is 10.1 Å². The van der Waals surface area contributed by atoms with Gasteiger partial charge in [0, 0.05) is 21.1 Å². The molecule has 0 aliphatic carbocycles. The molecule has 0 aromatic rings. The van der Waals surface area contributed by atoms with E-state index in [1.165, 1.54) is 0 Å². The van der Waals surface area contributed by atoms with Crippen molar-refractivity contribution in [2.75, 3.05) is 14.2 Å². The van der Waals surface area contributed by atoms with Crippen molar-refractivity contribution >= 4 is 10.1 Å². The van der Waals surface area contributed by atoms with E-state index >= 15 is 0 Å². The first-order chi connectivity index (χ1) is 4.37. The summed E-state index contributed by atoms with van der Waals surface area (Å²) in [5, 5.41) is -1.95. The Morgan fingerprint density at radius 2 is 1.60 bits per heavy atom. The molecule has 62 valence electrons. The maximum absolute atomic E-state index is 10.4. The fourth-order valence-corrected chi connectivity index (χ4v) is 0.715. The van der Waals surface area contributed by atoms with Crippen molar-refractivity contribution in [2.45, 2.75) is 12.0 Å². The van der Waals surface area contributed by atoms with Gasteiger partial charge in [0.25, 0.3) is 5.12 Å². The number of hydrogen-bond acceptors (Lipinski definition) is 4. The van der Waals surface area contributed by atoms with Crippen molar-refractivity contribution in [1.82, 2.24) is 0 Å². The fraction of sp³-hybridized carbons (Fsp3) is 1.00. The van der Waals surface area contributed by atoms with Crippen molar-refractivity contribution in [3.63, 3.8) is 0 Å². The topological polar surface area (TPSA) is 72.8 Å². The highest BCUT2D eigenvalue weighted by Crippen LogP contribution is 2.16. The molecule has 0 amide bonds. The number of ether oxygens (including phenoxy) is 2. The highest BCUT2D eigenvalue weighted by molar-refractivity contribution is 7.86. The van der Waals surface area contributed by atoms with E-state index in [1.54, 1.807) is 0 Å². The van der Waals surface area contributed by atoms with E-state index in [0.29, 0.717) is 0 Å². The van der Waals surface area contributed by atoms with Crippen LogP contribution in [-0.4, -0.2) is 32.3 Å². The van der Waals surface area contributed by atoms with Crippen LogP contribution in [0.15, 0.2) is 0 Å². The van der Waals surface area contributed by atoms with E-state index in [-0.39, 0.29) is 0 Å². The molecule has 0 rings (SSSR count). The minimum Gasteiger partial charge on any atom is -0.339 e. The zero-order valence-corrected chi connectivity index (χ0v) is 6.80. The predicted molar refractivity (Wildman–Crippen MR) is 34.0 cm³/mol. The Kier molecular flexibility index (Phi) is 2.78. The van der Waals surface area contributed by atoms with Gasteiger partial charge in [-0.25, -0.2) is 0 Å². The van der Waals surface area contributed by atoms with Gasteiger partial charge in [-0.3, -0.25) is 4.55 Å². The monoisotopic (exact) mass is 170 g/mol. The average Bonchev–Trinajstić information content (AvgIpc) is 1.84. The molecule has 0 aromatic heterocycles. The molecule has 0 fully saturated rings. The highest BCUT2D eigenvalue weighted by atomic mass is 32.2. The Labute approximate surface area is 59.7 Å². The van der Waals surface area contributed by atoms with E-state index in [2.05, 4.69) is 9.47 Å². The minimum absolute atomic E-state index is 1.10. The van der Waals surface area contributed by atoms with Crippen LogP contribution in [0.4, 0.5) is 0 Å². The summed E-state index contributed by atoms with van der Waals surface area (Å²) < 4.78 is 38.1. The molecule has 0 saturated carbocycles. The second-order valence-electron chi connectivity index (χ2n) is 1.75. The van der Waals surface area contributed by atoms with Gasteiger partial charge in [0.05, 0.1) is 0 Å². The lowest BCUT2D eigenvalue weighted by Crippen LogP contribution is -2.38. The lowest BCUT2D eigenvalue weighted by Gasteiger charge is -2.21. The van der Waals surface area contributed by atoms with E-state index < -0.39 is 15.2 Å². The minimum atomic E-state index is -4.31. The molecule has 0 radical (unpaired) electrons. The third-order valence-corrected chi connectivity index (χ3v) is 2.48. The number of rotatable bonds is 3. The predicted octanol–water partition coefficient (Wildman–Crippen LogP) is -0.159. The Morgan fingerprint density at radius 1 is 1.30 bits per heavy atom. The first-order valence-electron chi connectivity index (χ1n) is 2.44. The average molecular weight is 170 g/mol. The van der Waals surface area contributed by atoms with Crippen LogP contribution in [0.2, 0.25) is 0 Å². The van der Waals surface area contributed by atoms with E-state index in [1.807, 2.05) is 0 Å². The summed E-state index contributed by atoms with van der Waals surface area (Å²) in [5.41, 5.74) is 0. The van der Waals surface area contributed by atoms with Crippen LogP contribution in [0.3, 0.4) is 0 Å². The van der Waals surface area contributed by atoms with Crippen LogP contribution >= 0.6 is 0 Å². The van der Waals surface area contributed by atoms with Crippen LogP contribution in [0.1, 0.15) is 6.92 Å². The summed E-state index contributed by atoms with van der Waals surface area (Å²) in [7, 11) is -2.06. The van der Waals surface area contributed by atoms with Gasteiger partial charge in [-0.2, -0.15) is 8.42 Å². The molecule has 0 heterocycles. The summed E-state index contributed by atoms with van der Waals surface area (Å²) in [5.74, 6) is 0. The second-order valence-corrected chi connectivity index (χ2v) is 3.44. The summed E-state index contributed by atoms with van der Waals surface area (Å²) >= 11 is 0. The lowest BCUT2D eigenvalue weighted by atomic mass is 10.7. The molecular weight excluding hydrogens is 160 g/mol. The van der Waals surface area contributed by atoms with E-state index in [9.17, 15) is 8.42 Å². The Morgan fingerprint density at radius 3 is 1.60 bits per heavy atom. The lowest BCUT2D eigenvalue weighted by molar-refractivity contribution is -0.131. The van der Waals surface area contributed by atoms with Gasteiger partial charge in [-0.15, -0.1) is 0 Å². The summed E-state index contributed by atoms with van der Waals surface area (Å²) in [6.07, 6.45) is 0. The standard InChI is InChI=1S/C4H10O5S/c1-4(8-2,9-3)10(5,6)7/h1-3H3,(H,5,6,7). The Bertz CT molecular complexity index is 190. The molecule has 0 atom stereocenters. The third-order valence-electron chi connectivity index (χ3n) is 1.21. The van der Waals surface area contributed by atoms with Gasteiger partial charge in [-0.1, -0.05) is 0 Å². The maximum atomic E-state index is 10.4. The quantitative estimate of drug-likeness (QED) is 0.470. The largest absolute Gasteiger partial charge is 0.339 e. The van der Waals surface area contributed by atoms with Crippen LogP contribution in [-0.2, 0) is 19.6 Å². The third kappa shape index (κ3) is 1.66. The zero-order chi connectivity index (χ0) is 8.41. The maximum Gasteiger partial charge on any atom is 0.321 e. The number of methoxy groups -OCH3 is 2. The van der Waals surface area contributed by atoms with Crippen LogP contribution < -0.4 is 0 Å². The molecule has 0 bridgehead atoms. The zero-order valence-electron chi connectivity index (χ0n) is 5.99. The summed E-state index contributed by atoms with van der Waals surface area (Å²) in [4.78, 5) is 0. The SMILES string of the molecule is COC(C)(OC)S(=O)(=O)O. The van der Waals surface area contributed by atoms with Gasteiger partial charge in [0.1, 0.15) is 0 Å². The molecule has 0 aliphatic heterocycles.